The maximum Gasteiger partial charge on any atom is 0.190 e. The summed E-state index contributed by atoms with van der Waals surface area (Å²) < 4.78 is 2.31. The summed E-state index contributed by atoms with van der Waals surface area (Å²) in [6.45, 7) is 7.32. The first kappa shape index (κ1) is 16.8. The third-order valence-electron chi connectivity index (χ3n) is 4.06. The molecule has 0 aromatic carbocycles. The van der Waals surface area contributed by atoms with Gasteiger partial charge in [0, 0.05) is 39.5 Å². The van der Waals surface area contributed by atoms with Crippen molar-refractivity contribution in [3.05, 3.63) is 11.6 Å². The lowest BCUT2D eigenvalue weighted by Crippen LogP contribution is -2.39. The van der Waals surface area contributed by atoms with Crippen LogP contribution in [0.15, 0.2) is 4.99 Å². The molecule has 2 heterocycles. The van der Waals surface area contributed by atoms with Crippen LogP contribution >= 0.6 is 0 Å². The Hall–Kier alpha value is -1.59. The van der Waals surface area contributed by atoms with Crippen LogP contribution < -0.4 is 10.6 Å². The van der Waals surface area contributed by atoms with Crippen molar-refractivity contribution in [3.63, 3.8) is 0 Å². The topological polar surface area (TPSA) is 67.1 Å². The Morgan fingerprint density at radius 1 is 1.18 bits per heavy atom. The van der Waals surface area contributed by atoms with Gasteiger partial charge < -0.3 is 15.2 Å². The number of nitrogens with zero attached hydrogens (tertiary/aromatic N) is 4. The maximum absolute atomic E-state index is 4.36. The van der Waals surface area contributed by atoms with Gasteiger partial charge in [-0.15, -0.1) is 10.2 Å². The fourth-order valence-electron chi connectivity index (χ4n) is 2.72. The quantitative estimate of drug-likeness (QED) is 0.621. The predicted molar refractivity (Wildman–Crippen MR) is 90.1 cm³/mol. The highest BCUT2D eigenvalue weighted by molar-refractivity contribution is 5.79. The lowest BCUT2D eigenvalue weighted by molar-refractivity contribution is 0.572. The van der Waals surface area contributed by atoms with Gasteiger partial charge in [-0.1, -0.05) is 20.3 Å². The van der Waals surface area contributed by atoms with Crippen molar-refractivity contribution < 1.29 is 0 Å². The number of fused-ring (bicyclic) bond motifs is 1. The Balaban J connectivity index is 1.77. The molecule has 1 aliphatic heterocycles. The van der Waals surface area contributed by atoms with Gasteiger partial charge in [0.1, 0.15) is 11.6 Å². The van der Waals surface area contributed by atoms with Crippen LogP contribution in [0.2, 0.25) is 0 Å². The monoisotopic (exact) mass is 306 g/mol. The molecule has 1 aromatic heterocycles. The van der Waals surface area contributed by atoms with Crippen molar-refractivity contribution in [2.75, 3.05) is 20.1 Å². The smallest absolute Gasteiger partial charge is 0.190 e. The van der Waals surface area contributed by atoms with Gasteiger partial charge in [0.15, 0.2) is 5.96 Å². The molecule has 1 aromatic rings. The molecular formula is C16H30N6. The van der Waals surface area contributed by atoms with Crippen LogP contribution in [0.5, 0.6) is 0 Å². The standard InChI is InChI=1S/C16H30N6/c1-13(2)8-10-18-16(17-3)19-11-9-15-21-20-14-7-5-4-6-12-22(14)15/h13H,4-12H2,1-3H3,(H2,17,18,19). The minimum Gasteiger partial charge on any atom is -0.356 e. The first-order valence-electron chi connectivity index (χ1n) is 8.56. The minimum absolute atomic E-state index is 0.706. The predicted octanol–water partition coefficient (Wildman–Crippen LogP) is 1.76. The lowest BCUT2D eigenvalue weighted by Gasteiger charge is -2.13. The second-order valence-electron chi connectivity index (χ2n) is 6.35. The molecular weight excluding hydrogens is 276 g/mol. The molecule has 0 radical (unpaired) electrons. The largest absolute Gasteiger partial charge is 0.356 e. The third kappa shape index (κ3) is 5.00. The molecule has 0 atom stereocenters. The van der Waals surface area contributed by atoms with Crippen LogP contribution in [-0.2, 0) is 19.4 Å². The van der Waals surface area contributed by atoms with Crippen molar-refractivity contribution >= 4 is 5.96 Å². The summed E-state index contributed by atoms with van der Waals surface area (Å²) in [5, 5.41) is 15.4. The highest BCUT2D eigenvalue weighted by atomic mass is 15.3. The van der Waals surface area contributed by atoms with E-state index in [-0.39, 0.29) is 0 Å². The summed E-state index contributed by atoms with van der Waals surface area (Å²) >= 11 is 0. The van der Waals surface area contributed by atoms with Crippen LogP contribution in [0.25, 0.3) is 0 Å². The first-order valence-corrected chi connectivity index (χ1v) is 8.56. The van der Waals surface area contributed by atoms with E-state index in [1.807, 2.05) is 7.05 Å². The molecule has 0 bridgehead atoms. The average Bonchev–Trinajstić information content (AvgIpc) is 2.73. The second-order valence-corrected chi connectivity index (χ2v) is 6.35. The van der Waals surface area contributed by atoms with E-state index in [0.717, 1.165) is 56.5 Å². The van der Waals surface area contributed by atoms with Gasteiger partial charge in [0.2, 0.25) is 0 Å². The number of hydrogen-bond donors (Lipinski definition) is 2. The summed E-state index contributed by atoms with van der Waals surface area (Å²) in [4.78, 5) is 4.26. The number of nitrogens with one attached hydrogen (secondary N) is 2. The van der Waals surface area contributed by atoms with Crippen molar-refractivity contribution in [2.45, 2.75) is 58.9 Å². The fourth-order valence-corrected chi connectivity index (χ4v) is 2.72. The van der Waals surface area contributed by atoms with E-state index in [1.165, 1.54) is 19.3 Å². The zero-order valence-corrected chi connectivity index (χ0v) is 14.2. The van der Waals surface area contributed by atoms with E-state index < -0.39 is 0 Å². The number of hydrogen-bond acceptors (Lipinski definition) is 3. The van der Waals surface area contributed by atoms with Gasteiger partial charge in [-0.2, -0.15) is 0 Å². The Labute approximate surface area is 133 Å². The minimum atomic E-state index is 0.706. The summed E-state index contributed by atoms with van der Waals surface area (Å²) in [5.74, 6) is 3.84. The molecule has 0 aliphatic carbocycles. The zero-order chi connectivity index (χ0) is 15.8. The van der Waals surface area contributed by atoms with Crippen LogP contribution in [0, 0.1) is 5.92 Å². The van der Waals surface area contributed by atoms with E-state index >= 15 is 0 Å². The average molecular weight is 306 g/mol. The van der Waals surface area contributed by atoms with E-state index in [4.69, 9.17) is 0 Å². The Kier molecular flexibility index (Phi) is 6.68. The van der Waals surface area contributed by atoms with Gasteiger partial charge in [-0.3, -0.25) is 4.99 Å². The van der Waals surface area contributed by atoms with Gasteiger partial charge in [-0.05, 0) is 25.2 Å². The number of rotatable bonds is 6. The molecule has 0 saturated carbocycles. The van der Waals surface area contributed by atoms with Gasteiger partial charge >= 0.3 is 0 Å². The molecule has 6 nitrogen and oxygen atoms in total. The van der Waals surface area contributed by atoms with Gasteiger partial charge in [0.25, 0.3) is 0 Å². The fraction of sp³-hybridized carbons (Fsp3) is 0.812. The normalized spacial score (nSPS) is 15.5. The van der Waals surface area contributed by atoms with Crippen LogP contribution in [0.3, 0.4) is 0 Å². The molecule has 0 spiro atoms. The summed E-state index contributed by atoms with van der Waals surface area (Å²) in [6.07, 6.45) is 6.88. The van der Waals surface area contributed by atoms with Crippen LogP contribution in [0.1, 0.15) is 51.2 Å². The van der Waals surface area contributed by atoms with Gasteiger partial charge in [-0.25, -0.2) is 0 Å². The summed E-state index contributed by atoms with van der Waals surface area (Å²) in [7, 11) is 1.81. The second kappa shape index (κ2) is 8.76. The van der Waals surface area contributed by atoms with Crippen molar-refractivity contribution in [1.29, 1.82) is 0 Å². The van der Waals surface area contributed by atoms with E-state index in [9.17, 15) is 0 Å². The Morgan fingerprint density at radius 3 is 2.77 bits per heavy atom. The number of guanidine groups is 1. The Morgan fingerprint density at radius 2 is 2.00 bits per heavy atom. The van der Waals surface area contributed by atoms with Crippen molar-refractivity contribution in [2.24, 2.45) is 10.9 Å². The number of aryl methyl sites for hydroxylation is 1. The van der Waals surface area contributed by atoms with E-state index in [1.54, 1.807) is 0 Å². The first-order chi connectivity index (χ1) is 10.7. The zero-order valence-electron chi connectivity index (χ0n) is 14.2. The lowest BCUT2D eigenvalue weighted by atomic mass is 10.1. The Bertz CT molecular complexity index is 477. The SMILES string of the molecule is CN=C(NCCc1nnc2n1CCCCC2)NCCC(C)C. The highest BCUT2D eigenvalue weighted by Crippen LogP contribution is 2.14. The molecule has 6 heteroatoms. The van der Waals surface area contributed by atoms with Crippen LogP contribution in [0.4, 0.5) is 0 Å². The molecule has 22 heavy (non-hydrogen) atoms. The molecule has 0 fully saturated rings. The third-order valence-corrected chi connectivity index (χ3v) is 4.06. The molecule has 0 amide bonds. The number of aliphatic imine (C=N–C) groups is 1. The molecule has 1 aliphatic rings. The summed E-state index contributed by atoms with van der Waals surface area (Å²) in [6, 6.07) is 0. The van der Waals surface area contributed by atoms with E-state index in [0.29, 0.717) is 5.92 Å². The molecule has 0 saturated heterocycles. The number of aromatic nitrogens is 3. The molecule has 2 rings (SSSR count). The van der Waals surface area contributed by atoms with Crippen LogP contribution in [-0.4, -0.2) is 40.9 Å². The summed E-state index contributed by atoms with van der Waals surface area (Å²) in [5.41, 5.74) is 0. The van der Waals surface area contributed by atoms with Crippen molar-refractivity contribution in [1.82, 2.24) is 25.4 Å². The van der Waals surface area contributed by atoms with Crippen molar-refractivity contribution in [3.8, 4) is 0 Å². The maximum atomic E-state index is 4.36. The highest BCUT2D eigenvalue weighted by Gasteiger charge is 2.14. The molecule has 2 N–H and O–H groups in total. The van der Waals surface area contributed by atoms with E-state index in [2.05, 4.69) is 44.2 Å². The van der Waals surface area contributed by atoms with Gasteiger partial charge in [0.05, 0.1) is 0 Å². The molecule has 0 unspecified atom stereocenters. The molecule has 124 valence electrons.